The Kier molecular flexibility index (Phi) is 14.7. The van der Waals surface area contributed by atoms with Crippen LogP contribution in [0.15, 0.2) is 97.1 Å². The van der Waals surface area contributed by atoms with E-state index in [1.165, 1.54) is 0 Å². The number of amides is 2. The van der Waals surface area contributed by atoms with Crippen molar-refractivity contribution < 1.29 is 30.0 Å². The Labute approximate surface area is 409 Å². The van der Waals surface area contributed by atoms with E-state index in [1.807, 2.05) is 136 Å². The van der Waals surface area contributed by atoms with Gasteiger partial charge in [0.05, 0.1) is 12.2 Å². The Hall–Kier alpha value is -4.96. The van der Waals surface area contributed by atoms with E-state index in [0.29, 0.717) is 61.9 Å². The molecule has 0 bridgehead atoms. The number of aliphatic hydroxyl groups is 4. The van der Waals surface area contributed by atoms with Crippen molar-refractivity contribution in [1.29, 1.82) is 0 Å². The maximum atomic E-state index is 13.4. The van der Waals surface area contributed by atoms with E-state index in [4.69, 9.17) is 0 Å². The summed E-state index contributed by atoms with van der Waals surface area (Å²) in [5.41, 5.74) is 4.73. The minimum absolute atomic E-state index is 0.166. The first-order chi connectivity index (χ1) is 32.5. The Morgan fingerprint density at radius 3 is 1.34 bits per heavy atom. The second-order valence-electron chi connectivity index (χ2n) is 19.4. The number of benzene rings is 4. The summed E-state index contributed by atoms with van der Waals surface area (Å²) in [5.74, 6) is 1.05. The van der Waals surface area contributed by atoms with Gasteiger partial charge >= 0.3 is 0 Å². The molecule has 2 saturated heterocycles. The van der Waals surface area contributed by atoms with Crippen LogP contribution in [0.25, 0.3) is 12.2 Å². The predicted octanol–water partition coefficient (Wildman–Crippen LogP) is 7.41. The number of nitrogens with one attached hydrogen (secondary N) is 2. The van der Waals surface area contributed by atoms with Crippen LogP contribution in [0.4, 0.5) is 22.7 Å². The lowest BCUT2D eigenvalue weighted by Crippen LogP contribution is -2.54. The maximum Gasteiger partial charge on any atom is 0.251 e. The highest BCUT2D eigenvalue weighted by Crippen LogP contribution is 2.53. The quantitative estimate of drug-likeness (QED) is 0.0462. The van der Waals surface area contributed by atoms with Gasteiger partial charge in [-0.3, -0.25) is 9.59 Å². The highest BCUT2D eigenvalue weighted by Gasteiger charge is 2.55. The van der Waals surface area contributed by atoms with Crippen molar-refractivity contribution in [2.75, 3.05) is 83.5 Å². The molecular formula is C54H68N6O6S2. The topological polar surface area (TPSA) is 152 Å². The molecule has 68 heavy (non-hydrogen) atoms. The molecule has 14 heteroatoms. The third-order valence-corrected chi connectivity index (χ3v) is 17.0. The summed E-state index contributed by atoms with van der Waals surface area (Å²) in [6.45, 7) is 17.2. The van der Waals surface area contributed by atoms with E-state index in [1.54, 1.807) is 21.6 Å². The van der Waals surface area contributed by atoms with Crippen LogP contribution in [0.2, 0.25) is 0 Å². The second-order valence-corrected chi connectivity index (χ2v) is 22.1. The van der Waals surface area contributed by atoms with Crippen LogP contribution in [0.5, 0.6) is 0 Å². The highest BCUT2D eigenvalue weighted by atomic mass is 33.1. The molecule has 4 aromatic rings. The zero-order valence-corrected chi connectivity index (χ0v) is 41.9. The predicted molar refractivity (Wildman–Crippen MR) is 281 cm³/mol. The third kappa shape index (κ3) is 9.52. The average molecular weight is 961 g/mol. The monoisotopic (exact) mass is 960 g/mol. The lowest BCUT2D eigenvalue weighted by atomic mass is 9.77. The summed E-state index contributed by atoms with van der Waals surface area (Å²) < 4.78 is 0. The zero-order valence-electron chi connectivity index (χ0n) is 40.2. The van der Waals surface area contributed by atoms with Gasteiger partial charge < -0.3 is 50.7 Å². The number of likely N-dealkylation sites (N-methyl/N-ethyl adjacent to an activating group) is 2. The van der Waals surface area contributed by atoms with Gasteiger partial charge in [0.25, 0.3) is 11.8 Å². The van der Waals surface area contributed by atoms with Crippen LogP contribution in [-0.2, 0) is 10.8 Å². The molecule has 4 unspecified atom stereocenters. The summed E-state index contributed by atoms with van der Waals surface area (Å²) in [7, 11) is 3.28. The van der Waals surface area contributed by atoms with Crippen LogP contribution in [-0.4, -0.2) is 120 Å². The molecule has 2 fully saturated rings. The number of aliphatic hydroxyl groups excluding tert-OH is 2. The van der Waals surface area contributed by atoms with Crippen LogP contribution < -0.4 is 30.2 Å². The van der Waals surface area contributed by atoms with Gasteiger partial charge in [-0.05, 0) is 122 Å². The normalized spacial score (nSPS) is 23.8. The number of carbonyl (C=O) groups excluding carboxylic acids is 2. The number of carbonyl (C=O) groups is 2. The number of fused-ring (bicyclic) bond motifs is 2. The molecule has 2 amide bonds. The van der Waals surface area contributed by atoms with Crippen molar-refractivity contribution in [3.8, 4) is 0 Å². The van der Waals surface area contributed by atoms with Crippen molar-refractivity contribution in [3.63, 3.8) is 0 Å². The van der Waals surface area contributed by atoms with Gasteiger partial charge in [-0.2, -0.15) is 0 Å². The van der Waals surface area contributed by atoms with Gasteiger partial charge in [0, 0.05) is 109 Å². The van der Waals surface area contributed by atoms with Gasteiger partial charge in [0.15, 0.2) is 11.4 Å². The number of nitrogens with zero attached hydrogens (tertiary/aromatic N) is 4. The van der Waals surface area contributed by atoms with E-state index in [9.17, 15) is 30.0 Å². The second kappa shape index (κ2) is 20.2. The molecule has 4 aliphatic heterocycles. The Bertz CT molecular complexity index is 2340. The smallest absolute Gasteiger partial charge is 0.251 e. The maximum absolute atomic E-state index is 13.4. The SMILES string of the molecule is CCN1c2ccc(C(=O)NCCSSCCNC(=O)c3ccc4c(c3)C(C)(C)C(O)(/C=C/c3ccc(N5CCC(O)C5)cc3)N4CC)cc2C(C)(C)C1(O)/C=C/c1ccc(N2CCC(O)C2)cc1. The highest BCUT2D eigenvalue weighted by molar-refractivity contribution is 8.76. The van der Waals surface area contributed by atoms with E-state index in [0.717, 1.165) is 70.9 Å². The Balaban J connectivity index is 0.790. The van der Waals surface area contributed by atoms with Gasteiger partial charge in [-0.25, -0.2) is 0 Å². The summed E-state index contributed by atoms with van der Waals surface area (Å²) in [4.78, 5) is 35.1. The van der Waals surface area contributed by atoms with E-state index in [2.05, 4.69) is 44.7 Å². The molecule has 4 heterocycles. The van der Waals surface area contributed by atoms with Crippen LogP contribution >= 0.6 is 21.6 Å². The number of β-amino-alcohol motifs (C(OH)–C–C–N with tert-alkyl or cyclic N) is 2. The molecule has 12 nitrogen and oxygen atoms in total. The molecule has 4 atom stereocenters. The Morgan fingerprint density at radius 1 is 0.618 bits per heavy atom. The number of rotatable bonds is 17. The molecule has 0 radical (unpaired) electrons. The summed E-state index contributed by atoms with van der Waals surface area (Å²) >= 11 is 0. The van der Waals surface area contributed by atoms with Gasteiger partial charge in [0.2, 0.25) is 0 Å². The lowest BCUT2D eigenvalue weighted by Gasteiger charge is -2.41. The molecule has 6 N–H and O–H groups in total. The van der Waals surface area contributed by atoms with E-state index in [-0.39, 0.29) is 24.0 Å². The minimum Gasteiger partial charge on any atom is -0.391 e. The summed E-state index contributed by atoms with van der Waals surface area (Å²) in [6.07, 6.45) is 8.62. The first kappa shape index (κ1) is 49.5. The fourth-order valence-corrected chi connectivity index (χ4v) is 12.2. The van der Waals surface area contributed by atoms with Crippen LogP contribution in [0.1, 0.15) is 97.4 Å². The molecule has 0 spiro atoms. The van der Waals surface area contributed by atoms with Gasteiger partial charge in [-0.1, -0.05) is 85.7 Å². The Morgan fingerprint density at radius 2 is 1.00 bits per heavy atom. The third-order valence-electron chi connectivity index (χ3n) is 14.6. The molecular weight excluding hydrogens is 893 g/mol. The average Bonchev–Trinajstić information content (AvgIpc) is 4.06. The van der Waals surface area contributed by atoms with Crippen LogP contribution in [0, 0.1) is 0 Å². The van der Waals surface area contributed by atoms with Gasteiger partial charge in [0.1, 0.15) is 0 Å². The van der Waals surface area contributed by atoms with Crippen molar-refractivity contribution in [2.24, 2.45) is 0 Å². The van der Waals surface area contributed by atoms with Crippen molar-refractivity contribution in [3.05, 3.63) is 130 Å². The van der Waals surface area contributed by atoms with Crippen molar-refractivity contribution in [2.45, 2.75) is 88.9 Å². The van der Waals surface area contributed by atoms with Gasteiger partial charge in [-0.15, -0.1) is 0 Å². The largest absolute Gasteiger partial charge is 0.391 e. The number of hydrogen-bond acceptors (Lipinski definition) is 12. The molecule has 0 aliphatic carbocycles. The molecule has 4 aromatic carbocycles. The fourth-order valence-electron chi connectivity index (χ4n) is 10.4. The summed E-state index contributed by atoms with van der Waals surface area (Å²) in [5, 5.41) is 50.6. The number of anilines is 4. The van der Waals surface area contributed by atoms with Crippen LogP contribution in [0.3, 0.4) is 0 Å². The molecule has 362 valence electrons. The summed E-state index contributed by atoms with van der Waals surface area (Å²) in [6, 6.07) is 27.7. The standard InChI is InChI=1S/C54H68N6O6S2/c1-7-59-47-19-13-39(33-45(47)51(3,4)53(59,65)25-21-37-9-15-41(16-10-37)57-29-23-43(61)35-57)49(63)55-27-31-67-68-32-28-56-50(64)40-14-20-48-46(34-40)52(5,6)54(66,60(48)8-2)26-22-38-11-17-42(18-12-38)58-30-24-44(62)36-58/h9-22,25-26,33-34,43-44,61-62,65-66H,7-8,23-24,27-32,35-36H2,1-6H3,(H,55,63)(H,56,64)/b25-21+,26-22+. The molecule has 0 aromatic heterocycles. The molecule has 0 saturated carbocycles. The van der Waals surface area contributed by atoms with E-state index >= 15 is 0 Å². The van der Waals surface area contributed by atoms with Crippen molar-refractivity contribution in [1.82, 2.24) is 10.6 Å². The first-order valence-corrected chi connectivity index (χ1v) is 26.5. The minimum atomic E-state index is -1.32. The van der Waals surface area contributed by atoms with E-state index < -0.39 is 22.3 Å². The fraction of sp³-hybridized carbons (Fsp3) is 0.444. The first-order valence-electron chi connectivity index (χ1n) is 24.0. The number of hydrogen-bond donors (Lipinski definition) is 6. The lowest BCUT2D eigenvalue weighted by molar-refractivity contribution is 0.0310. The molecule has 4 aliphatic rings. The molecule has 8 rings (SSSR count). The zero-order chi connectivity index (χ0) is 48.4. The van der Waals surface area contributed by atoms with Crippen molar-refractivity contribution >= 4 is 68.3 Å².